The summed E-state index contributed by atoms with van der Waals surface area (Å²) >= 11 is 12.4. The fourth-order valence-corrected chi connectivity index (χ4v) is 3.67. The van der Waals surface area contributed by atoms with Crippen LogP contribution in [0.1, 0.15) is 16.7 Å². The van der Waals surface area contributed by atoms with Crippen LogP contribution in [0.2, 0.25) is 10.0 Å². The Morgan fingerprint density at radius 2 is 1.82 bits per heavy atom. The summed E-state index contributed by atoms with van der Waals surface area (Å²) in [5.74, 6) is 1.37. The SMILES string of the molecule is N#CC(=Cc1cccc(OCc2c(Cl)cccc2Cl)c1)C(=O)NCc1ccc2c(c1)OCO2. The van der Waals surface area contributed by atoms with E-state index in [0.29, 0.717) is 38.4 Å². The molecule has 1 aliphatic heterocycles. The van der Waals surface area contributed by atoms with Gasteiger partial charge in [-0.1, -0.05) is 47.5 Å². The van der Waals surface area contributed by atoms with E-state index in [9.17, 15) is 10.1 Å². The number of fused-ring (bicyclic) bond motifs is 1. The number of ether oxygens (including phenoxy) is 3. The Morgan fingerprint density at radius 1 is 1.06 bits per heavy atom. The number of carbonyl (C=O) groups excluding carboxylic acids is 1. The average Bonchev–Trinajstić information content (AvgIpc) is 3.29. The molecule has 6 nitrogen and oxygen atoms in total. The molecule has 0 bridgehead atoms. The molecular formula is C25H18Cl2N2O4. The lowest BCUT2D eigenvalue weighted by atomic mass is 10.1. The molecule has 3 aromatic carbocycles. The van der Waals surface area contributed by atoms with Gasteiger partial charge >= 0.3 is 0 Å². The number of rotatable bonds is 7. The van der Waals surface area contributed by atoms with E-state index in [0.717, 1.165) is 5.56 Å². The van der Waals surface area contributed by atoms with E-state index >= 15 is 0 Å². The van der Waals surface area contributed by atoms with Gasteiger partial charge in [-0.2, -0.15) is 5.26 Å². The second-order valence-corrected chi connectivity index (χ2v) is 7.92. The maximum absolute atomic E-state index is 12.5. The van der Waals surface area contributed by atoms with Crippen molar-refractivity contribution >= 4 is 35.2 Å². The molecule has 1 heterocycles. The number of nitrogens with one attached hydrogen (secondary N) is 1. The van der Waals surface area contributed by atoms with Gasteiger partial charge in [-0.05, 0) is 53.6 Å². The number of hydrogen-bond donors (Lipinski definition) is 1. The predicted molar refractivity (Wildman–Crippen MR) is 125 cm³/mol. The number of nitrogens with zero attached hydrogens (tertiary/aromatic N) is 1. The molecule has 0 atom stereocenters. The van der Waals surface area contributed by atoms with Crippen LogP contribution < -0.4 is 19.5 Å². The first-order valence-corrected chi connectivity index (χ1v) is 10.7. The van der Waals surface area contributed by atoms with Crippen LogP contribution in [0.4, 0.5) is 0 Å². The van der Waals surface area contributed by atoms with Crippen LogP contribution >= 0.6 is 23.2 Å². The number of nitriles is 1. The fourth-order valence-electron chi connectivity index (χ4n) is 3.16. The van der Waals surface area contributed by atoms with Crippen LogP contribution in [-0.2, 0) is 17.9 Å². The molecule has 1 N–H and O–H groups in total. The van der Waals surface area contributed by atoms with Gasteiger partial charge in [-0.15, -0.1) is 0 Å². The molecule has 0 spiro atoms. The van der Waals surface area contributed by atoms with Crippen LogP contribution in [0.3, 0.4) is 0 Å². The van der Waals surface area contributed by atoms with E-state index in [1.807, 2.05) is 12.1 Å². The number of carbonyl (C=O) groups is 1. The first-order chi connectivity index (χ1) is 16.0. The lowest BCUT2D eigenvalue weighted by molar-refractivity contribution is -0.117. The van der Waals surface area contributed by atoms with Crippen LogP contribution in [0.5, 0.6) is 17.2 Å². The predicted octanol–water partition coefficient (Wildman–Crippen LogP) is 5.52. The Hall–Kier alpha value is -3.66. The monoisotopic (exact) mass is 480 g/mol. The van der Waals surface area contributed by atoms with E-state index in [2.05, 4.69) is 5.32 Å². The lowest BCUT2D eigenvalue weighted by Gasteiger charge is -2.10. The van der Waals surface area contributed by atoms with E-state index in [1.165, 1.54) is 6.08 Å². The second kappa shape index (κ2) is 10.3. The molecule has 0 saturated heterocycles. The van der Waals surface area contributed by atoms with Gasteiger partial charge in [0.15, 0.2) is 11.5 Å². The maximum Gasteiger partial charge on any atom is 0.262 e. The van der Waals surface area contributed by atoms with Crippen molar-refractivity contribution in [1.82, 2.24) is 5.32 Å². The Balaban J connectivity index is 1.41. The van der Waals surface area contributed by atoms with E-state index < -0.39 is 5.91 Å². The van der Waals surface area contributed by atoms with Crippen LogP contribution in [0.25, 0.3) is 6.08 Å². The highest BCUT2D eigenvalue weighted by atomic mass is 35.5. The van der Waals surface area contributed by atoms with Crippen molar-refractivity contribution in [3.8, 4) is 23.3 Å². The van der Waals surface area contributed by atoms with Gasteiger partial charge in [0.05, 0.1) is 0 Å². The highest BCUT2D eigenvalue weighted by Gasteiger charge is 2.14. The van der Waals surface area contributed by atoms with E-state index in [1.54, 1.807) is 54.6 Å². The normalized spacial score (nSPS) is 12.2. The Labute approximate surface area is 200 Å². The maximum atomic E-state index is 12.5. The zero-order valence-corrected chi connectivity index (χ0v) is 18.8. The number of amides is 1. The van der Waals surface area contributed by atoms with E-state index in [4.69, 9.17) is 37.4 Å². The largest absolute Gasteiger partial charge is 0.489 e. The Bertz CT molecular complexity index is 1250. The summed E-state index contributed by atoms with van der Waals surface area (Å²) in [5.41, 5.74) is 2.13. The zero-order chi connectivity index (χ0) is 23.2. The molecule has 33 heavy (non-hydrogen) atoms. The average molecular weight is 481 g/mol. The highest BCUT2D eigenvalue weighted by molar-refractivity contribution is 6.35. The second-order valence-electron chi connectivity index (χ2n) is 7.10. The molecule has 166 valence electrons. The minimum atomic E-state index is -0.482. The van der Waals surface area contributed by atoms with Crippen LogP contribution in [0, 0.1) is 11.3 Å². The summed E-state index contributed by atoms with van der Waals surface area (Å²) in [5, 5.41) is 13.3. The standard InChI is InChI=1S/C25H18Cl2N2O4/c26-21-5-2-6-22(27)20(21)14-31-19-4-1-3-16(10-19)9-18(12-28)25(30)29-13-17-7-8-23-24(11-17)33-15-32-23/h1-11H,13-15H2,(H,29,30). The van der Waals surface area contributed by atoms with Crippen molar-refractivity contribution in [2.24, 2.45) is 0 Å². The summed E-state index contributed by atoms with van der Waals surface area (Å²) in [7, 11) is 0. The summed E-state index contributed by atoms with van der Waals surface area (Å²) in [6.45, 7) is 0.615. The minimum Gasteiger partial charge on any atom is -0.489 e. The quantitative estimate of drug-likeness (QED) is 0.355. The lowest BCUT2D eigenvalue weighted by Crippen LogP contribution is -2.23. The first-order valence-electron chi connectivity index (χ1n) is 9.98. The molecular weight excluding hydrogens is 463 g/mol. The molecule has 3 aromatic rings. The first kappa shape index (κ1) is 22.5. The van der Waals surface area contributed by atoms with Gasteiger partial charge in [0.2, 0.25) is 6.79 Å². The van der Waals surface area contributed by atoms with Crippen molar-refractivity contribution in [1.29, 1.82) is 5.26 Å². The minimum absolute atomic E-state index is 0.0259. The van der Waals surface area contributed by atoms with Gasteiger partial charge < -0.3 is 19.5 Å². The molecule has 0 fully saturated rings. The Morgan fingerprint density at radius 3 is 2.61 bits per heavy atom. The van der Waals surface area contributed by atoms with Crippen LogP contribution in [0.15, 0.2) is 66.2 Å². The van der Waals surface area contributed by atoms with Crippen molar-refractivity contribution in [2.75, 3.05) is 6.79 Å². The molecule has 0 saturated carbocycles. The van der Waals surface area contributed by atoms with Crippen molar-refractivity contribution in [3.63, 3.8) is 0 Å². The number of hydrogen-bond acceptors (Lipinski definition) is 5. The number of benzene rings is 3. The molecule has 8 heteroatoms. The molecule has 4 rings (SSSR count). The Kier molecular flexibility index (Phi) is 7.04. The molecule has 0 unspecified atom stereocenters. The van der Waals surface area contributed by atoms with Crippen molar-refractivity contribution < 1.29 is 19.0 Å². The van der Waals surface area contributed by atoms with Crippen molar-refractivity contribution in [3.05, 3.63) is 93.0 Å². The summed E-state index contributed by atoms with van der Waals surface area (Å²) in [6, 6.07) is 19.7. The fraction of sp³-hybridized carbons (Fsp3) is 0.120. The summed E-state index contributed by atoms with van der Waals surface area (Å²) in [6.07, 6.45) is 1.50. The van der Waals surface area contributed by atoms with Gasteiger partial charge in [0.1, 0.15) is 24.0 Å². The van der Waals surface area contributed by atoms with Crippen LogP contribution in [-0.4, -0.2) is 12.7 Å². The molecule has 0 radical (unpaired) electrons. The third kappa shape index (κ3) is 5.58. The van der Waals surface area contributed by atoms with Crippen molar-refractivity contribution in [2.45, 2.75) is 13.2 Å². The molecule has 0 aromatic heterocycles. The summed E-state index contributed by atoms with van der Waals surface area (Å²) in [4.78, 5) is 12.5. The summed E-state index contributed by atoms with van der Waals surface area (Å²) < 4.78 is 16.4. The molecule has 0 aliphatic carbocycles. The number of halogens is 2. The third-order valence-corrected chi connectivity index (χ3v) is 5.58. The van der Waals surface area contributed by atoms with E-state index in [-0.39, 0.29) is 25.5 Å². The van der Waals surface area contributed by atoms with Gasteiger partial charge in [0.25, 0.3) is 5.91 Å². The zero-order valence-electron chi connectivity index (χ0n) is 17.3. The topological polar surface area (TPSA) is 80.6 Å². The molecule has 1 amide bonds. The van der Waals surface area contributed by atoms with Gasteiger partial charge in [0, 0.05) is 22.2 Å². The highest BCUT2D eigenvalue weighted by Crippen LogP contribution is 2.32. The molecule has 1 aliphatic rings. The van der Waals surface area contributed by atoms with Gasteiger partial charge in [-0.25, -0.2) is 0 Å². The van der Waals surface area contributed by atoms with Gasteiger partial charge in [-0.3, -0.25) is 4.79 Å². The smallest absolute Gasteiger partial charge is 0.262 e. The third-order valence-electron chi connectivity index (χ3n) is 4.87.